The lowest BCUT2D eigenvalue weighted by Crippen LogP contribution is -2.18. The molecule has 0 saturated heterocycles. The van der Waals surface area contributed by atoms with Gasteiger partial charge in [-0.2, -0.15) is 4.98 Å². The highest BCUT2D eigenvalue weighted by Crippen LogP contribution is 2.04. The van der Waals surface area contributed by atoms with Gasteiger partial charge in [0.05, 0.1) is 0 Å². The quantitative estimate of drug-likeness (QED) is 0.817. The fourth-order valence-electron chi connectivity index (χ4n) is 1.17. The van der Waals surface area contributed by atoms with Crippen LogP contribution in [0.2, 0.25) is 0 Å². The minimum atomic E-state index is -1.18. The normalized spacial score (nSPS) is 9.80. The second kappa shape index (κ2) is 5.50. The van der Waals surface area contributed by atoms with Crippen molar-refractivity contribution in [2.24, 2.45) is 5.92 Å². The van der Waals surface area contributed by atoms with Crippen LogP contribution in [0.25, 0.3) is 0 Å². The third-order valence-corrected chi connectivity index (χ3v) is 1.65. The zero-order valence-electron chi connectivity index (χ0n) is 8.48. The number of aromatic carboxylic acids is 1. The second-order valence-electron chi connectivity index (χ2n) is 3.50. The molecule has 0 atom stereocenters. The molecule has 0 bridgehead atoms. The van der Waals surface area contributed by atoms with E-state index in [1.165, 1.54) is 6.07 Å². The van der Waals surface area contributed by atoms with Crippen LogP contribution in [0.4, 0.5) is 0 Å². The molecule has 1 aromatic heterocycles. The summed E-state index contributed by atoms with van der Waals surface area (Å²) in [7, 11) is 0. The van der Waals surface area contributed by atoms with E-state index in [4.69, 9.17) is 5.11 Å². The highest BCUT2D eigenvalue weighted by Gasteiger charge is 2.08. The van der Waals surface area contributed by atoms with E-state index < -0.39 is 11.7 Å². The summed E-state index contributed by atoms with van der Waals surface area (Å²) in [6.45, 7) is 3.97. The Morgan fingerprint density at radius 3 is 2.67 bits per heavy atom. The van der Waals surface area contributed by atoms with Gasteiger partial charge in [-0.25, -0.2) is 9.59 Å². The SMILES string of the molecule is CC(C)Cc1cc(C(=O)O)nc(=O)[nH]1.Cl. The first kappa shape index (κ1) is 13.6. The average Bonchev–Trinajstić information content (AvgIpc) is 2.01. The van der Waals surface area contributed by atoms with Crippen LogP contribution < -0.4 is 5.69 Å². The summed E-state index contributed by atoms with van der Waals surface area (Å²) >= 11 is 0. The van der Waals surface area contributed by atoms with Gasteiger partial charge in [0.1, 0.15) is 0 Å². The van der Waals surface area contributed by atoms with Crippen LogP contribution in [0.15, 0.2) is 10.9 Å². The Morgan fingerprint density at radius 1 is 1.60 bits per heavy atom. The molecule has 15 heavy (non-hydrogen) atoms. The van der Waals surface area contributed by atoms with Crippen LogP contribution >= 0.6 is 12.4 Å². The minimum absolute atomic E-state index is 0. The van der Waals surface area contributed by atoms with E-state index in [0.29, 0.717) is 18.0 Å². The first-order valence-electron chi connectivity index (χ1n) is 4.32. The zero-order valence-corrected chi connectivity index (χ0v) is 9.30. The number of H-pyrrole nitrogens is 1. The number of hydrogen-bond acceptors (Lipinski definition) is 3. The van der Waals surface area contributed by atoms with Crippen LogP contribution in [-0.2, 0) is 6.42 Å². The van der Waals surface area contributed by atoms with E-state index in [-0.39, 0.29) is 18.1 Å². The number of aromatic amines is 1. The monoisotopic (exact) mass is 232 g/mol. The topological polar surface area (TPSA) is 83.0 Å². The molecule has 84 valence electrons. The molecule has 0 aliphatic heterocycles. The number of aromatic nitrogens is 2. The van der Waals surface area contributed by atoms with Gasteiger partial charge >= 0.3 is 11.7 Å². The van der Waals surface area contributed by atoms with Crippen molar-refractivity contribution in [3.8, 4) is 0 Å². The molecule has 1 heterocycles. The van der Waals surface area contributed by atoms with Crippen LogP contribution in [-0.4, -0.2) is 21.0 Å². The van der Waals surface area contributed by atoms with Crippen molar-refractivity contribution in [2.75, 3.05) is 0 Å². The predicted octanol–water partition coefficient (Wildman–Crippen LogP) is 1.09. The Bertz CT molecular complexity index is 401. The summed E-state index contributed by atoms with van der Waals surface area (Å²) in [5.41, 5.74) is -0.206. The van der Waals surface area contributed by atoms with Crippen LogP contribution in [0, 0.1) is 5.92 Å². The van der Waals surface area contributed by atoms with Crippen molar-refractivity contribution in [3.63, 3.8) is 0 Å². The summed E-state index contributed by atoms with van der Waals surface area (Å²) in [6.07, 6.45) is 0.637. The molecule has 5 nitrogen and oxygen atoms in total. The molecule has 0 amide bonds. The number of hydrogen-bond donors (Lipinski definition) is 2. The first-order chi connectivity index (χ1) is 6.49. The number of nitrogens with zero attached hydrogens (tertiary/aromatic N) is 1. The lowest BCUT2D eigenvalue weighted by atomic mass is 10.1. The van der Waals surface area contributed by atoms with Gasteiger partial charge in [0.15, 0.2) is 5.69 Å². The Labute approximate surface area is 93.0 Å². The average molecular weight is 233 g/mol. The fraction of sp³-hybridized carbons (Fsp3) is 0.444. The van der Waals surface area contributed by atoms with Gasteiger partial charge in [-0.15, -0.1) is 12.4 Å². The number of carboxylic acid groups (broad SMARTS) is 1. The van der Waals surface area contributed by atoms with Crippen molar-refractivity contribution in [3.05, 3.63) is 27.9 Å². The van der Waals surface area contributed by atoms with Gasteiger partial charge in [0.25, 0.3) is 0 Å². The third kappa shape index (κ3) is 4.12. The van der Waals surface area contributed by atoms with Crippen molar-refractivity contribution < 1.29 is 9.90 Å². The van der Waals surface area contributed by atoms with E-state index in [1.54, 1.807) is 0 Å². The van der Waals surface area contributed by atoms with Gasteiger partial charge in [-0.05, 0) is 18.4 Å². The van der Waals surface area contributed by atoms with Crippen molar-refractivity contribution in [1.82, 2.24) is 9.97 Å². The molecule has 6 heteroatoms. The van der Waals surface area contributed by atoms with E-state index in [0.717, 1.165) is 0 Å². The number of carbonyl (C=O) groups is 1. The van der Waals surface area contributed by atoms with Crippen molar-refractivity contribution >= 4 is 18.4 Å². The van der Waals surface area contributed by atoms with E-state index in [9.17, 15) is 9.59 Å². The summed E-state index contributed by atoms with van der Waals surface area (Å²) in [4.78, 5) is 27.4. The number of halogens is 1. The van der Waals surface area contributed by atoms with E-state index in [2.05, 4.69) is 9.97 Å². The molecule has 0 aromatic carbocycles. The maximum atomic E-state index is 11.0. The molecular formula is C9H13ClN2O3. The van der Waals surface area contributed by atoms with Crippen molar-refractivity contribution in [1.29, 1.82) is 0 Å². The summed E-state index contributed by atoms with van der Waals surface area (Å²) in [5.74, 6) is -0.823. The summed E-state index contributed by atoms with van der Waals surface area (Å²) in [6, 6.07) is 1.39. The van der Waals surface area contributed by atoms with Gasteiger partial charge in [0.2, 0.25) is 0 Å². The van der Waals surface area contributed by atoms with Gasteiger partial charge in [0, 0.05) is 5.69 Å². The Hall–Kier alpha value is -1.36. The van der Waals surface area contributed by atoms with E-state index in [1.807, 2.05) is 13.8 Å². The fourth-order valence-corrected chi connectivity index (χ4v) is 1.17. The maximum absolute atomic E-state index is 11.0. The van der Waals surface area contributed by atoms with Crippen LogP contribution in [0.1, 0.15) is 30.0 Å². The number of nitrogens with one attached hydrogen (secondary N) is 1. The van der Waals surface area contributed by atoms with Gasteiger partial charge in [-0.3, -0.25) is 0 Å². The lowest BCUT2D eigenvalue weighted by molar-refractivity contribution is 0.0689. The molecule has 1 aromatic rings. The van der Waals surface area contributed by atoms with Crippen LogP contribution in [0.5, 0.6) is 0 Å². The molecule has 1 rings (SSSR count). The van der Waals surface area contributed by atoms with Crippen molar-refractivity contribution in [2.45, 2.75) is 20.3 Å². The molecule has 0 radical (unpaired) electrons. The lowest BCUT2D eigenvalue weighted by Gasteiger charge is -2.04. The van der Waals surface area contributed by atoms with Gasteiger partial charge < -0.3 is 10.1 Å². The highest BCUT2D eigenvalue weighted by molar-refractivity contribution is 5.85. The summed E-state index contributed by atoms with van der Waals surface area (Å²) < 4.78 is 0. The Balaban J connectivity index is 0.00000196. The van der Waals surface area contributed by atoms with Gasteiger partial charge in [-0.1, -0.05) is 13.8 Å². The van der Waals surface area contributed by atoms with Crippen LogP contribution in [0.3, 0.4) is 0 Å². The molecule has 0 aliphatic rings. The molecule has 0 spiro atoms. The Kier molecular flexibility index (Phi) is 5.00. The molecule has 0 unspecified atom stereocenters. The summed E-state index contributed by atoms with van der Waals surface area (Å²) in [5, 5.41) is 8.65. The second-order valence-corrected chi connectivity index (χ2v) is 3.50. The number of carboxylic acids is 1. The highest BCUT2D eigenvalue weighted by atomic mass is 35.5. The molecular weight excluding hydrogens is 220 g/mol. The first-order valence-corrected chi connectivity index (χ1v) is 4.32. The molecule has 0 fully saturated rings. The number of rotatable bonds is 3. The minimum Gasteiger partial charge on any atom is -0.477 e. The molecule has 0 saturated carbocycles. The molecule has 0 aliphatic carbocycles. The third-order valence-electron chi connectivity index (χ3n) is 1.65. The predicted molar refractivity (Wildman–Crippen MR) is 57.6 cm³/mol. The molecule has 2 N–H and O–H groups in total. The smallest absolute Gasteiger partial charge is 0.354 e. The van der Waals surface area contributed by atoms with E-state index >= 15 is 0 Å². The maximum Gasteiger partial charge on any atom is 0.354 e. The standard InChI is InChI=1S/C9H12N2O3.ClH/c1-5(2)3-6-4-7(8(12)13)11-9(14)10-6;/h4-5H,3H2,1-2H3,(H,12,13)(H,10,11,14);1H. The Morgan fingerprint density at radius 2 is 2.20 bits per heavy atom. The largest absolute Gasteiger partial charge is 0.477 e. The zero-order chi connectivity index (χ0) is 10.7.